The van der Waals surface area contributed by atoms with Crippen molar-refractivity contribution in [2.24, 2.45) is 0 Å². The molecule has 0 fully saturated rings. The Kier molecular flexibility index (Phi) is 4.66. The topological polar surface area (TPSA) is 12.0 Å². The third kappa shape index (κ3) is 4.38. The Morgan fingerprint density at radius 3 is 1.67 bits per heavy atom. The van der Waals surface area contributed by atoms with Gasteiger partial charge in [0, 0.05) is 31.8 Å². The Bertz CT molecular complexity index is 91.2. The van der Waals surface area contributed by atoms with E-state index in [1.165, 1.54) is 0 Å². The molecule has 2 atom stereocenters. The molecule has 0 aliphatic heterocycles. The molecular formula is C6H15NSi2. The molecule has 9 heavy (non-hydrogen) atoms. The van der Waals surface area contributed by atoms with E-state index in [0.717, 1.165) is 20.5 Å². The van der Waals surface area contributed by atoms with E-state index in [1.54, 1.807) is 0 Å². The van der Waals surface area contributed by atoms with Gasteiger partial charge in [-0.3, -0.25) is 0 Å². The third-order valence-electron chi connectivity index (χ3n) is 1.23. The highest BCUT2D eigenvalue weighted by atomic mass is 28.1. The molecule has 0 aliphatic carbocycles. The molecule has 0 spiro atoms. The van der Waals surface area contributed by atoms with E-state index in [0.29, 0.717) is 11.3 Å². The first kappa shape index (κ1) is 8.87. The van der Waals surface area contributed by atoms with E-state index in [-0.39, 0.29) is 0 Å². The fourth-order valence-electron chi connectivity index (χ4n) is 0.551. The number of nitrogens with one attached hydrogen (secondary N) is 1. The van der Waals surface area contributed by atoms with Crippen LogP contribution in [0.3, 0.4) is 0 Å². The van der Waals surface area contributed by atoms with Gasteiger partial charge in [-0.25, -0.2) is 0 Å². The van der Waals surface area contributed by atoms with Crippen molar-refractivity contribution in [2.75, 3.05) is 0 Å². The van der Waals surface area contributed by atoms with Crippen LogP contribution in [0.25, 0.3) is 0 Å². The monoisotopic (exact) mass is 157 g/mol. The summed E-state index contributed by atoms with van der Waals surface area (Å²) in [5.74, 6) is 0. The van der Waals surface area contributed by atoms with Crippen molar-refractivity contribution in [1.82, 2.24) is 5.32 Å². The van der Waals surface area contributed by atoms with E-state index in [4.69, 9.17) is 0 Å². The number of hydrogen-bond acceptors (Lipinski definition) is 1. The predicted octanol–water partition coefficient (Wildman–Crippen LogP) is -1.67. The van der Waals surface area contributed by atoms with Crippen LogP contribution in [0.2, 0.25) is 0 Å². The lowest BCUT2D eigenvalue weighted by molar-refractivity contribution is 0.746. The third-order valence-corrected chi connectivity index (χ3v) is 2.84. The molecule has 3 heteroatoms. The molecule has 0 bridgehead atoms. The maximum absolute atomic E-state index is 3.70. The van der Waals surface area contributed by atoms with Crippen molar-refractivity contribution in [3.8, 4) is 0 Å². The lowest BCUT2D eigenvalue weighted by Crippen LogP contribution is -2.36. The van der Waals surface area contributed by atoms with Gasteiger partial charge in [0.15, 0.2) is 0 Å². The SMILES string of the molecule is C=CC([SiH3])NC([SiH3])C=C. The summed E-state index contributed by atoms with van der Waals surface area (Å²) in [5, 5.41) is 3.37. The lowest BCUT2D eigenvalue weighted by Gasteiger charge is -2.12. The quantitative estimate of drug-likeness (QED) is 0.380. The molecule has 1 nitrogen and oxygen atoms in total. The zero-order valence-corrected chi connectivity index (χ0v) is 10.2. The zero-order chi connectivity index (χ0) is 7.28. The van der Waals surface area contributed by atoms with Gasteiger partial charge in [-0.05, 0) is 0 Å². The van der Waals surface area contributed by atoms with E-state index in [9.17, 15) is 0 Å². The van der Waals surface area contributed by atoms with Crippen LogP contribution in [0.15, 0.2) is 25.3 Å². The van der Waals surface area contributed by atoms with Crippen molar-refractivity contribution in [3.05, 3.63) is 25.3 Å². The van der Waals surface area contributed by atoms with Gasteiger partial charge in [-0.1, -0.05) is 12.2 Å². The van der Waals surface area contributed by atoms with Crippen molar-refractivity contribution < 1.29 is 0 Å². The van der Waals surface area contributed by atoms with Crippen molar-refractivity contribution in [3.63, 3.8) is 0 Å². The molecule has 1 N–H and O–H groups in total. The summed E-state index contributed by atoms with van der Waals surface area (Å²) in [6.07, 6.45) is 3.92. The van der Waals surface area contributed by atoms with Gasteiger partial charge >= 0.3 is 0 Å². The highest BCUT2D eigenvalue weighted by Gasteiger charge is 1.97. The maximum Gasteiger partial charge on any atom is 0.0290 e. The second-order valence-corrected chi connectivity index (χ2v) is 4.70. The molecule has 0 aromatic carbocycles. The zero-order valence-electron chi connectivity index (χ0n) is 6.22. The standard InChI is InChI=1S/C6H15NSi2/c1-3-5(8)7-6(9)4-2/h3-7H,1-2H2,8-9H3. The van der Waals surface area contributed by atoms with Crippen LogP contribution in [0, 0.1) is 0 Å². The Morgan fingerprint density at radius 2 is 1.44 bits per heavy atom. The predicted molar refractivity (Wildman–Crippen MR) is 51.0 cm³/mol. The molecule has 0 aliphatic rings. The minimum absolute atomic E-state index is 0.547. The summed E-state index contributed by atoms with van der Waals surface area (Å²) in [7, 11) is 2.28. The van der Waals surface area contributed by atoms with Crippen LogP contribution in [0.5, 0.6) is 0 Å². The average Bonchev–Trinajstić information content (AvgIpc) is 1.87. The average molecular weight is 157 g/mol. The summed E-state index contributed by atoms with van der Waals surface area (Å²) < 4.78 is 0. The fraction of sp³-hybridized carbons (Fsp3) is 0.333. The fourth-order valence-corrected chi connectivity index (χ4v) is 2.27. The van der Waals surface area contributed by atoms with Crippen LogP contribution >= 0.6 is 0 Å². The van der Waals surface area contributed by atoms with Crippen molar-refractivity contribution >= 4 is 20.5 Å². The molecule has 0 aromatic rings. The summed E-state index contributed by atoms with van der Waals surface area (Å²) >= 11 is 0. The molecule has 0 saturated carbocycles. The highest BCUT2D eigenvalue weighted by Crippen LogP contribution is 1.80. The molecule has 2 unspecified atom stereocenters. The molecule has 0 rings (SSSR count). The molecule has 0 radical (unpaired) electrons. The summed E-state index contributed by atoms with van der Waals surface area (Å²) in [6, 6.07) is 0. The van der Waals surface area contributed by atoms with Crippen LogP contribution in [-0.2, 0) is 0 Å². The Balaban J connectivity index is 3.45. The van der Waals surface area contributed by atoms with Gasteiger partial charge in [0.2, 0.25) is 0 Å². The lowest BCUT2D eigenvalue weighted by atomic mass is 10.5. The van der Waals surface area contributed by atoms with Crippen molar-refractivity contribution in [1.29, 1.82) is 0 Å². The van der Waals surface area contributed by atoms with Crippen LogP contribution in [-0.4, -0.2) is 31.8 Å². The second-order valence-electron chi connectivity index (χ2n) is 2.22. The van der Waals surface area contributed by atoms with Crippen LogP contribution < -0.4 is 5.32 Å². The smallest absolute Gasteiger partial charge is 0.0290 e. The molecule has 52 valence electrons. The van der Waals surface area contributed by atoms with Crippen molar-refractivity contribution in [2.45, 2.75) is 11.3 Å². The number of rotatable bonds is 4. The maximum atomic E-state index is 3.70. The van der Waals surface area contributed by atoms with Gasteiger partial charge in [-0.15, -0.1) is 13.2 Å². The molecule has 0 saturated heterocycles. The summed E-state index contributed by atoms with van der Waals surface area (Å²) in [5.41, 5.74) is 1.09. The first-order valence-corrected chi connectivity index (χ1v) is 5.52. The first-order valence-electron chi connectivity index (χ1n) is 3.22. The van der Waals surface area contributed by atoms with E-state index >= 15 is 0 Å². The Hall–Kier alpha value is -0.126. The van der Waals surface area contributed by atoms with Gasteiger partial charge in [-0.2, -0.15) is 0 Å². The van der Waals surface area contributed by atoms with Crippen LogP contribution in [0.1, 0.15) is 0 Å². The van der Waals surface area contributed by atoms with Gasteiger partial charge < -0.3 is 5.32 Å². The first-order chi connectivity index (χ1) is 4.20. The molecule has 0 aromatic heterocycles. The molecular weight excluding hydrogens is 142 g/mol. The van der Waals surface area contributed by atoms with Crippen LogP contribution in [0.4, 0.5) is 0 Å². The largest absolute Gasteiger partial charge is 0.312 e. The van der Waals surface area contributed by atoms with Gasteiger partial charge in [0.05, 0.1) is 0 Å². The van der Waals surface area contributed by atoms with E-state index < -0.39 is 0 Å². The Morgan fingerprint density at radius 1 is 1.11 bits per heavy atom. The second kappa shape index (κ2) is 4.72. The van der Waals surface area contributed by atoms with E-state index in [1.807, 2.05) is 12.2 Å². The highest BCUT2D eigenvalue weighted by molar-refractivity contribution is 6.16. The molecule has 0 heterocycles. The number of hydrogen-bond donors (Lipinski definition) is 1. The minimum Gasteiger partial charge on any atom is -0.312 e. The Labute approximate surface area is 63.1 Å². The minimum atomic E-state index is 0.547. The van der Waals surface area contributed by atoms with Gasteiger partial charge in [0.1, 0.15) is 0 Å². The summed E-state index contributed by atoms with van der Waals surface area (Å²) in [4.78, 5) is 0. The summed E-state index contributed by atoms with van der Waals surface area (Å²) in [6.45, 7) is 7.40. The normalized spacial score (nSPS) is 16.9. The van der Waals surface area contributed by atoms with Gasteiger partial charge in [0.25, 0.3) is 0 Å². The van der Waals surface area contributed by atoms with E-state index in [2.05, 4.69) is 18.5 Å². The molecule has 0 amide bonds.